The quantitative estimate of drug-likeness (QED) is 0.825. The number of thiazole rings is 1. The Morgan fingerprint density at radius 3 is 3.00 bits per heavy atom. The van der Waals surface area contributed by atoms with Gasteiger partial charge in [-0.25, -0.2) is 4.98 Å². The van der Waals surface area contributed by atoms with Crippen molar-refractivity contribution in [2.75, 3.05) is 11.1 Å². The zero-order valence-corrected chi connectivity index (χ0v) is 10.5. The maximum absolute atomic E-state index is 11.6. The Morgan fingerprint density at radius 1 is 1.56 bits per heavy atom. The van der Waals surface area contributed by atoms with E-state index in [0.29, 0.717) is 10.9 Å². The maximum atomic E-state index is 11.6. The fourth-order valence-corrected chi connectivity index (χ4v) is 2.27. The number of fused-ring (bicyclic) bond motifs is 1. The highest BCUT2D eigenvalue weighted by Crippen LogP contribution is 2.25. The highest BCUT2D eigenvalue weighted by Gasteiger charge is 2.13. The van der Waals surface area contributed by atoms with Gasteiger partial charge in [0, 0.05) is 11.7 Å². The predicted octanol–water partition coefficient (Wildman–Crippen LogP) is 2.80. The van der Waals surface area contributed by atoms with E-state index in [9.17, 15) is 4.79 Å². The first-order valence-electron chi connectivity index (χ1n) is 4.98. The van der Waals surface area contributed by atoms with Crippen LogP contribution in [0.15, 0.2) is 24.3 Å². The molecule has 0 aliphatic rings. The van der Waals surface area contributed by atoms with Crippen molar-refractivity contribution in [2.45, 2.75) is 6.92 Å². The molecule has 0 saturated heterocycles. The first-order valence-corrected chi connectivity index (χ1v) is 6.43. The maximum Gasteiger partial charge on any atom is 0.229 e. The molecule has 0 radical (unpaired) electrons. The molecule has 0 aliphatic carbocycles. The third-order valence-electron chi connectivity index (χ3n) is 2.25. The summed E-state index contributed by atoms with van der Waals surface area (Å²) in [7, 11) is 0. The van der Waals surface area contributed by atoms with Crippen LogP contribution in [0.2, 0.25) is 0 Å². The van der Waals surface area contributed by atoms with Crippen LogP contribution in [0.25, 0.3) is 10.2 Å². The van der Waals surface area contributed by atoms with Crippen LogP contribution in [0.5, 0.6) is 0 Å². The summed E-state index contributed by atoms with van der Waals surface area (Å²) < 4.78 is 1.08. The van der Waals surface area contributed by atoms with Gasteiger partial charge in [0.1, 0.15) is 0 Å². The lowest BCUT2D eigenvalue weighted by Gasteiger charge is -2.05. The molecule has 0 spiro atoms. The van der Waals surface area contributed by atoms with Crippen molar-refractivity contribution in [1.29, 1.82) is 0 Å². The summed E-state index contributed by atoms with van der Waals surface area (Å²) in [5.41, 5.74) is 0.918. The average Bonchev–Trinajstić information content (AvgIpc) is 2.69. The first kappa shape index (κ1) is 11.4. The standard InChI is InChI=1S/C11H12N2OS2/c1-7(6-15)10(14)13-11-12-8-4-2-3-5-9(8)16-11/h2-5,7,15H,6H2,1H3,(H,12,13,14). The molecule has 16 heavy (non-hydrogen) atoms. The lowest BCUT2D eigenvalue weighted by Crippen LogP contribution is -2.21. The molecule has 1 aromatic heterocycles. The van der Waals surface area contributed by atoms with E-state index in [0.717, 1.165) is 10.2 Å². The molecule has 1 N–H and O–H groups in total. The molecule has 5 heteroatoms. The number of amides is 1. The number of anilines is 1. The summed E-state index contributed by atoms with van der Waals surface area (Å²) in [6, 6.07) is 7.82. The van der Waals surface area contributed by atoms with Gasteiger partial charge in [0.05, 0.1) is 10.2 Å². The fourth-order valence-electron chi connectivity index (χ4n) is 1.24. The minimum Gasteiger partial charge on any atom is -0.302 e. The zero-order valence-electron chi connectivity index (χ0n) is 8.80. The van der Waals surface area contributed by atoms with Gasteiger partial charge in [0.15, 0.2) is 5.13 Å². The number of thiol groups is 1. The Kier molecular flexibility index (Phi) is 3.46. The third kappa shape index (κ3) is 2.36. The first-order chi connectivity index (χ1) is 7.70. The topological polar surface area (TPSA) is 42.0 Å². The van der Waals surface area contributed by atoms with Crippen LogP contribution in [0.3, 0.4) is 0 Å². The number of hydrogen-bond donors (Lipinski definition) is 2. The monoisotopic (exact) mass is 252 g/mol. The fraction of sp³-hybridized carbons (Fsp3) is 0.273. The Balaban J connectivity index is 2.18. The van der Waals surface area contributed by atoms with E-state index in [2.05, 4.69) is 22.9 Å². The molecular formula is C11H12N2OS2. The number of carbonyl (C=O) groups is 1. The predicted molar refractivity (Wildman–Crippen MR) is 71.3 cm³/mol. The minimum atomic E-state index is -0.102. The molecule has 84 valence electrons. The molecule has 2 rings (SSSR count). The molecule has 3 nitrogen and oxygen atoms in total. The summed E-state index contributed by atoms with van der Waals surface area (Å²) in [6.07, 6.45) is 0. The summed E-state index contributed by atoms with van der Waals surface area (Å²) in [4.78, 5) is 16.0. The number of nitrogens with one attached hydrogen (secondary N) is 1. The van der Waals surface area contributed by atoms with Gasteiger partial charge in [-0.2, -0.15) is 12.6 Å². The normalized spacial score (nSPS) is 12.6. The van der Waals surface area contributed by atoms with Gasteiger partial charge >= 0.3 is 0 Å². The van der Waals surface area contributed by atoms with Gasteiger partial charge in [-0.3, -0.25) is 4.79 Å². The van der Waals surface area contributed by atoms with Crippen LogP contribution < -0.4 is 5.32 Å². The number of rotatable bonds is 3. The Hall–Kier alpha value is -1.07. The van der Waals surface area contributed by atoms with Crippen molar-refractivity contribution in [3.8, 4) is 0 Å². The number of para-hydroxylation sites is 1. The van der Waals surface area contributed by atoms with Crippen LogP contribution in [-0.4, -0.2) is 16.6 Å². The van der Waals surface area contributed by atoms with Crippen molar-refractivity contribution >= 4 is 45.2 Å². The van der Waals surface area contributed by atoms with Crippen LogP contribution in [-0.2, 0) is 4.79 Å². The second-order valence-corrected chi connectivity index (χ2v) is 4.96. The molecule has 1 aromatic carbocycles. The molecule has 0 fully saturated rings. The van der Waals surface area contributed by atoms with E-state index in [-0.39, 0.29) is 11.8 Å². The summed E-state index contributed by atoms with van der Waals surface area (Å²) in [5, 5.41) is 3.45. The molecule has 1 atom stereocenters. The number of carbonyl (C=O) groups excluding carboxylic acids is 1. The van der Waals surface area contributed by atoms with E-state index in [1.807, 2.05) is 31.2 Å². The number of aromatic nitrogens is 1. The van der Waals surface area contributed by atoms with E-state index in [4.69, 9.17) is 0 Å². The molecule has 0 saturated carbocycles. The largest absolute Gasteiger partial charge is 0.302 e. The van der Waals surface area contributed by atoms with Gasteiger partial charge in [-0.05, 0) is 12.1 Å². The number of benzene rings is 1. The summed E-state index contributed by atoms with van der Waals surface area (Å²) in [5.74, 6) is 0.404. The Morgan fingerprint density at radius 2 is 2.31 bits per heavy atom. The Bertz CT molecular complexity index is 476. The highest BCUT2D eigenvalue weighted by molar-refractivity contribution is 7.80. The van der Waals surface area contributed by atoms with Gasteiger partial charge < -0.3 is 5.32 Å². The second-order valence-electron chi connectivity index (χ2n) is 3.56. The SMILES string of the molecule is CC(CS)C(=O)Nc1nc2ccccc2s1. The lowest BCUT2D eigenvalue weighted by atomic mass is 10.2. The number of nitrogens with zero attached hydrogens (tertiary/aromatic N) is 1. The summed E-state index contributed by atoms with van der Waals surface area (Å²) in [6.45, 7) is 1.84. The van der Waals surface area contributed by atoms with Crippen molar-refractivity contribution < 1.29 is 4.79 Å². The van der Waals surface area contributed by atoms with Gasteiger partial charge in [0.25, 0.3) is 0 Å². The molecule has 1 unspecified atom stereocenters. The van der Waals surface area contributed by atoms with E-state index in [1.54, 1.807) is 0 Å². The molecule has 2 aromatic rings. The van der Waals surface area contributed by atoms with Gasteiger partial charge in [-0.15, -0.1) is 0 Å². The molecular weight excluding hydrogens is 240 g/mol. The van der Waals surface area contributed by atoms with Crippen molar-refractivity contribution in [3.63, 3.8) is 0 Å². The zero-order chi connectivity index (χ0) is 11.5. The summed E-state index contributed by atoms with van der Waals surface area (Å²) >= 11 is 5.58. The van der Waals surface area contributed by atoms with Crippen LogP contribution in [0, 0.1) is 5.92 Å². The smallest absolute Gasteiger partial charge is 0.229 e. The van der Waals surface area contributed by atoms with Crippen molar-refractivity contribution in [3.05, 3.63) is 24.3 Å². The minimum absolute atomic E-state index is 0.0333. The van der Waals surface area contributed by atoms with Gasteiger partial charge in [0.2, 0.25) is 5.91 Å². The molecule has 0 aliphatic heterocycles. The Labute approximate surface area is 103 Å². The average molecular weight is 252 g/mol. The molecule has 0 bridgehead atoms. The van der Waals surface area contributed by atoms with Crippen LogP contribution in [0.1, 0.15) is 6.92 Å². The van der Waals surface area contributed by atoms with Crippen molar-refractivity contribution in [2.24, 2.45) is 5.92 Å². The van der Waals surface area contributed by atoms with E-state index < -0.39 is 0 Å². The highest BCUT2D eigenvalue weighted by atomic mass is 32.1. The van der Waals surface area contributed by atoms with Crippen LogP contribution >= 0.6 is 24.0 Å². The lowest BCUT2D eigenvalue weighted by molar-refractivity contribution is -0.118. The van der Waals surface area contributed by atoms with E-state index in [1.165, 1.54) is 11.3 Å². The van der Waals surface area contributed by atoms with Crippen LogP contribution in [0.4, 0.5) is 5.13 Å². The number of hydrogen-bond acceptors (Lipinski definition) is 4. The van der Waals surface area contributed by atoms with Gasteiger partial charge in [-0.1, -0.05) is 30.4 Å². The molecule has 1 amide bonds. The van der Waals surface area contributed by atoms with E-state index >= 15 is 0 Å². The van der Waals surface area contributed by atoms with Crippen molar-refractivity contribution in [1.82, 2.24) is 4.98 Å². The molecule has 1 heterocycles. The second kappa shape index (κ2) is 4.84. The third-order valence-corrected chi connectivity index (χ3v) is 3.75.